The van der Waals surface area contributed by atoms with E-state index in [4.69, 9.17) is 0 Å². The van der Waals surface area contributed by atoms with Crippen molar-refractivity contribution in [2.24, 2.45) is 5.41 Å². The molecule has 0 saturated heterocycles. The van der Waals surface area contributed by atoms with Crippen molar-refractivity contribution in [2.75, 3.05) is 0 Å². The molecule has 0 bridgehead atoms. The predicted octanol–water partition coefficient (Wildman–Crippen LogP) is 1.89. The fourth-order valence-corrected chi connectivity index (χ4v) is 2.35. The largest absolute Gasteiger partial charge is 0.346 e. The molecule has 0 aliphatic heterocycles. The average Bonchev–Trinajstić information content (AvgIpc) is 2.98. The van der Waals surface area contributed by atoms with Crippen LogP contribution in [0, 0.1) is 12.3 Å². The highest BCUT2D eigenvalue weighted by Crippen LogP contribution is 2.21. The molecule has 20 heavy (non-hydrogen) atoms. The molecular weight excluding hydrogens is 274 g/mol. The van der Waals surface area contributed by atoms with Gasteiger partial charge in [0.05, 0.1) is 18.3 Å². The summed E-state index contributed by atoms with van der Waals surface area (Å²) in [6.45, 7) is 8.71. The Morgan fingerprint density at radius 1 is 1.50 bits per heavy atom. The summed E-state index contributed by atoms with van der Waals surface area (Å²) in [6.07, 6.45) is 3.63. The van der Waals surface area contributed by atoms with Crippen LogP contribution in [0.4, 0.5) is 0 Å². The van der Waals surface area contributed by atoms with E-state index in [0.29, 0.717) is 17.1 Å². The number of rotatable bonds is 4. The summed E-state index contributed by atoms with van der Waals surface area (Å²) < 4.78 is 5.63. The number of hydrogen-bond donors (Lipinski definition) is 1. The van der Waals surface area contributed by atoms with E-state index < -0.39 is 0 Å². The zero-order chi connectivity index (χ0) is 14.8. The summed E-state index contributed by atoms with van der Waals surface area (Å²) in [5.74, 6) is -0.121. The van der Waals surface area contributed by atoms with E-state index in [-0.39, 0.29) is 17.4 Å². The summed E-state index contributed by atoms with van der Waals surface area (Å²) >= 11 is 1.12. The monoisotopic (exact) mass is 293 g/mol. The van der Waals surface area contributed by atoms with Crippen LogP contribution in [0.15, 0.2) is 18.5 Å². The maximum absolute atomic E-state index is 12.3. The fraction of sp³-hybridized carbons (Fsp3) is 0.538. The lowest BCUT2D eigenvalue weighted by molar-refractivity contribution is 0.0894. The van der Waals surface area contributed by atoms with Gasteiger partial charge in [-0.25, -0.2) is 0 Å². The second-order valence-electron chi connectivity index (χ2n) is 5.81. The molecule has 1 amide bonds. The van der Waals surface area contributed by atoms with Crippen molar-refractivity contribution >= 4 is 17.4 Å². The van der Waals surface area contributed by atoms with Gasteiger partial charge >= 0.3 is 0 Å². The van der Waals surface area contributed by atoms with Gasteiger partial charge in [-0.1, -0.05) is 25.3 Å². The minimum Gasteiger partial charge on any atom is -0.346 e. The average molecular weight is 293 g/mol. The van der Waals surface area contributed by atoms with Gasteiger partial charge in [0.15, 0.2) is 0 Å². The molecule has 0 aliphatic rings. The Morgan fingerprint density at radius 3 is 2.75 bits per heavy atom. The molecule has 0 fully saturated rings. The lowest BCUT2D eigenvalue weighted by Crippen LogP contribution is -2.46. The van der Waals surface area contributed by atoms with Crippen LogP contribution < -0.4 is 5.32 Å². The number of aryl methyl sites for hydroxylation is 1. The number of amides is 1. The summed E-state index contributed by atoms with van der Waals surface area (Å²) in [5.41, 5.74) is 0.590. The van der Waals surface area contributed by atoms with Crippen LogP contribution in [0.25, 0.3) is 0 Å². The van der Waals surface area contributed by atoms with Crippen molar-refractivity contribution in [3.8, 4) is 0 Å². The molecule has 0 aliphatic carbocycles. The standard InChI is InChI=1S/C13H19N5OS/c1-9-11(20-17-16-9)12(19)15-10(13(2,3)4)8-18-7-5-6-14-18/h5-7,10H,8H2,1-4H3,(H,15,19)/t10-/m1/s1. The lowest BCUT2D eigenvalue weighted by Gasteiger charge is -2.31. The van der Waals surface area contributed by atoms with Crippen LogP contribution in [0.3, 0.4) is 0 Å². The predicted molar refractivity (Wildman–Crippen MR) is 77.6 cm³/mol. The van der Waals surface area contributed by atoms with Gasteiger partial charge in [0.1, 0.15) is 4.88 Å². The van der Waals surface area contributed by atoms with E-state index in [9.17, 15) is 4.79 Å². The third kappa shape index (κ3) is 3.41. The quantitative estimate of drug-likeness (QED) is 0.934. The molecule has 0 aromatic carbocycles. The summed E-state index contributed by atoms with van der Waals surface area (Å²) in [4.78, 5) is 12.9. The molecule has 1 N–H and O–H groups in total. The minimum absolute atomic E-state index is 0.0311. The lowest BCUT2D eigenvalue weighted by atomic mass is 9.86. The number of nitrogens with zero attached hydrogens (tertiary/aromatic N) is 4. The van der Waals surface area contributed by atoms with E-state index >= 15 is 0 Å². The number of hydrogen-bond acceptors (Lipinski definition) is 5. The van der Waals surface area contributed by atoms with E-state index in [1.165, 1.54) is 0 Å². The highest BCUT2D eigenvalue weighted by atomic mass is 32.1. The third-order valence-electron chi connectivity index (χ3n) is 3.14. The SMILES string of the molecule is Cc1nnsc1C(=O)N[C@H](Cn1cccn1)C(C)(C)C. The highest BCUT2D eigenvalue weighted by Gasteiger charge is 2.28. The second-order valence-corrected chi connectivity index (χ2v) is 6.56. The zero-order valence-electron chi connectivity index (χ0n) is 12.1. The van der Waals surface area contributed by atoms with Gasteiger partial charge in [0.25, 0.3) is 5.91 Å². The van der Waals surface area contributed by atoms with E-state index in [0.717, 1.165) is 11.5 Å². The van der Waals surface area contributed by atoms with E-state index in [2.05, 4.69) is 40.8 Å². The van der Waals surface area contributed by atoms with Crippen molar-refractivity contribution in [2.45, 2.75) is 40.3 Å². The van der Waals surface area contributed by atoms with Gasteiger partial charge in [0, 0.05) is 12.4 Å². The van der Waals surface area contributed by atoms with Crippen LogP contribution in [0.5, 0.6) is 0 Å². The van der Waals surface area contributed by atoms with Gasteiger partial charge in [0.2, 0.25) is 0 Å². The first-order valence-electron chi connectivity index (χ1n) is 6.45. The summed E-state index contributed by atoms with van der Waals surface area (Å²) in [5, 5.41) is 11.1. The smallest absolute Gasteiger partial charge is 0.265 e. The Kier molecular flexibility index (Phi) is 4.17. The van der Waals surface area contributed by atoms with Gasteiger partial charge in [-0.2, -0.15) is 5.10 Å². The van der Waals surface area contributed by atoms with Crippen LogP contribution in [-0.4, -0.2) is 31.3 Å². The van der Waals surface area contributed by atoms with Gasteiger partial charge in [-0.05, 0) is 29.9 Å². The number of aromatic nitrogens is 4. The molecule has 108 valence electrons. The topological polar surface area (TPSA) is 72.7 Å². The number of carbonyl (C=O) groups is 1. The van der Waals surface area contributed by atoms with Gasteiger partial charge < -0.3 is 5.32 Å². The maximum Gasteiger partial charge on any atom is 0.265 e. The van der Waals surface area contributed by atoms with Crippen LogP contribution >= 0.6 is 11.5 Å². The van der Waals surface area contributed by atoms with Gasteiger partial charge in [-0.3, -0.25) is 9.48 Å². The zero-order valence-corrected chi connectivity index (χ0v) is 12.9. The molecule has 2 aromatic rings. The summed E-state index contributed by atoms with van der Waals surface area (Å²) in [6, 6.07) is 1.84. The first-order valence-corrected chi connectivity index (χ1v) is 7.22. The first-order chi connectivity index (χ1) is 9.38. The normalized spacial score (nSPS) is 13.2. The Morgan fingerprint density at radius 2 is 2.25 bits per heavy atom. The van der Waals surface area contributed by atoms with E-state index in [1.54, 1.807) is 13.1 Å². The molecule has 2 heterocycles. The molecule has 2 rings (SSSR count). The molecule has 7 heteroatoms. The minimum atomic E-state index is -0.121. The van der Waals surface area contributed by atoms with Crippen molar-refractivity contribution in [1.29, 1.82) is 0 Å². The van der Waals surface area contributed by atoms with E-state index in [1.807, 2.05) is 16.9 Å². The van der Waals surface area contributed by atoms with Crippen LogP contribution in [0.2, 0.25) is 0 Å². The van der Waals surface area contributed by atoms with Crippen LogP contribution in [-0.2, 0) is 6.54 Å². The molecule has 0 spiro atoms. The molecular formula is C13H19N5OS. The van der Waals surface area contributed by atoms with Crippen molar-refractivity contribution in [3.63, 3.8) is 0 Å². The molecule has 6 nitrogen and oxygen atoms in total. The summed E-state index contributed by atoms with van der Waals surface area (Å²) in [7, 11) is 0. The van der Waals surface area contributed by atoms with Gasteiger partial charge in [-0.15, -0.1) is 5.10 Å². The highest BCUT2D eigenvalue weighted by molar-refractivity contribution is 7.08. The van der Waals surface area contributed by atoms with Crippen molar-refractivity contribution in [3.05, 3.63) is 29.0 Å². The van der Waals surface area contributed by atoms with Crippen molar-refractivity contribution < 1.29 is 4.79 Å². The first kappa shape index (κ1) is 14.6. The Bertz CT molecular complexity index is 570. The second kappa shape index (κ2) is 5.70. The molecule has 2 aromatic heterocycles. The Hall–Kier alpha value is -1.76. The molecule has 1 atom stereocenters. The number of carbonyl (C=O) groups excluding carboxylic acids is 1. The number of nitrogens with one attached hydrogen (secondary N) is 1. The fourth-order valence-electron chi connectivity index (χ4n) is 1.80. The van der Waals surface area contributed by atoms with Crippen LogP contribution in [0.1, 0.15) is 36.1 Å². The maximum atomic E-state index is 12.3. The molecule has 0 radical (unpaired) electrons. The van der Waals surface area contributed by atoms with Crippen molar-refractivity contribution in [1.82, 2.24) is 24.7 Å². The molecule has 0 saturated carbocycles. The third-order valence-corrected chi connectivity index (χ3v) is 3.96. The Balaban J connectivity index is 2.12. The molecule has 0 unspecified atom stereocenters. The Labute approximate surface area is 122 Å².